The van der Waals surface area contributed by atoms with Crippen LogP contribution in [-0.2, 0) is 29.1 Å². The third-order valence-electron chi connectivity index (χ3n) is 10.1. The van der Waals surface area contributed by atoms with Crippen LogP contribution >= 0.6 is 0 Å². The number of hydrogen-bond acceptors (Lipinski definition) is 8. The lowest BCUT2D eigenvalue weighted by molar-refractivity contribution is -0.157. The van der Waals surface area contributed by atoms with E-state index in [2.05, 4.69) is 32.3 Å². The number of urea groups is 1. The topological polar surface area (TPSA) is 133 Å². The van der Waals surface area contributed by atoms with Crippen LogP contribution < -0.4 is 20.9 Å². The number of piperazine rings is 1. The third-order valence-corrected chi connectivity index (χ3v) is 10.1. The van der Waals surface area contributed by atoms with Crippen molar-refractivity contribution in [3.05, 3.63) is 102 Å². The lowest BCUT2D eigenvalue weighted by Gasteiger charge is -2.46. The molecule has 3 aliphatic heterocycles. The standard InChI is InChI=1S/C39H50N8O4/c1-2-18-40-26-36(49)47-34(24-29-12-14-33(48)15-13-29)38(50)46(28-35(47)43-39(51)42-25-30-9-4-3-5-10-30)27-31-11-8-19-41-37(31)45-22-16-32(17-23-45)44-20-6-7-21-44/h2-5,8-15,19,32,34-35,40,48H,1,6-7,16-18,20-28H2,(H2,42,43,51)/t34-,35+/m0/s1. The summed E-state index contributed by atoms with van der Waals surface area (Å²) in [5, 5.41) is 18.9. The summed E-state index contributed by atoms with van der Waals surface area (Å²) in [5.74, 6) is 0.452. The zero-order valence-electron chi connectivity index (χ0n) is 29.3. The summed E-state index contributed by atoms with van der Waals surface area (Å²) in [5.41, 5.74) is 2.64. The number of likely N-dealkylation sites (tertiary alicyclic amines) is 1. The van der Waals surface area contributed by atoms with Gasteiger partial charge >= 0.3 is 6.03 Å². The van der Waals surface area contributed by atoms with Crippen LogP contribution in [0.1, 0.15) is 42.4 Å². The third kappa shape index (κ3) is 9.25. The van der Waals surface area contributed by atoms with Crippen molar-refractivity contribution in [2.45, 2.75) is 63.4 Å². The van der Waals surface area contributed by atoms with Crippen molar-refractivity contribution in [3.63, 3.8) is 0 Å². The number of rotatable bonds is 13. The smallest absolute Gasteiger partial charge is 0.316 e. The molecule has 51 heavy (non-hydrogen) atoms. The lowest BCUT2D eigenvalue weighted by atomic mass is 9.98. The number of piperidine rings is 1. The number of nitrogens with zero attached hydrogens (tertiary/aromatic N) is 5. The first-order valence-electron chi connectivity index (χ1n) is 18.1. The SMILES string of the molecule is C=CCNCC(=O)N1[C@@H](NC(=O)NCc2ccccc2)CN(Cc2cccnc2N2CCC(N3CCCC3)CC2)C(=O)[C@@H]1Cc1ccc(O)cc1. The molecule has 3 saturated heterocycles. The Kier molecular flexibility index (Phi) is 12.2. The monoisotopic (exact) mass is 694 g/mol. The van der Waals surface area contributed by atoms with Gasteiger partial charge in [0.05, 0.1) is 13.1 Å². The second kappa shape index (κ2) is 17.3. The maximum absolute atomic E-state index is 14.5. The van der Waals surface area contributed by atoms with Crippen molar-refractivity contribution in [3.8, 4) is 5.75 Å². The van der Waals surface area contributed by atoms with Crippen molar-refractivity contribution in [2.75, 3.05) is 50.7 Å². The number of hydrogen-bond donors (Lipinski definition) is 4. The van der Waals surface area contributed by atoms with E-state index in [0.717, 1.165) is 48.4 Å². The molecule has 6 rings (SSSR count). The molecule has 12 heteroatoms. The number of carbonyl (C=O) groups excluding carboxylic acids is 3. The highest BCUT2D eigenvalue weighted by Gasteiger charge is 2.44. The molecular formula is C39H50N8O4. The van der Waals surface area contributed by atoms with Gasteiger partial charge in [0.2, 0.25) is 11.8 Å². The molecule has 1 aromatic heterocycles. The summed E-state index contributed by atoms with van der Waals surface area (Å²) < 4.78 is 0. The molecule has 4 N–H and O–H groups in total. The van der Waals surface area contributed by atoms with Crippen molar-refractivity contribution >= 4 is 23.7 Å². The summed E-state index contributed by atoms with van der Waals surface area (Å²) >= 11 is 0. The molecule has 4 amide bonds. The summed E-state index contributed by atoms with van der Waals surface area (Å²) in [6.07, 6.45) is 7.57. The van der Waals surface area contributed by atoms with E-state index in [9.17, 15) is 19.5 Å². The van der Waals surface area contributed by atoms with E-state index in [1.54, 1.807) is 41.4 Å². The molecule has 0 spiro atoms. The van der Waals surface area contributed by atoms with Gasteiger partial charge in [-0.1, -0.05) is 54.6 Å². The lowest BCUT2D eigenvalue weighted by Crippen LogP contribution is -2.69. The van der Waals surface area contributed by atoms with Crippen LogP contribution in [-0.4, -0.2) is 107 Å². The highest BCUT2D eigenvalue weighted by Crippen LogP contribution is 2.29. The van der Waals surface area contributed by atoms with E-state index in [4.69, 9.17) is 4.98 Å². The van der Waals surface area contributed by atoms with Gasteiger partial charge in [-0.2, -0.15) is 0 Å². The molecule has 2 aromatic carbocycles. The molecule has 0 bridgehead atoms. The van der Waals surface area contributed by atoms with Crippen LogP contribution in [0.15, 0.2) is 85.6 Å². The Labute approximate surface area is 300 Å². The summed E-state index contributed by atoms with van der Waals surface area (Å²) in [7, 11) is 0. The quantitative estimate of drug-likeness (QED) is 0.159. The fourth-order valence-corrected chi connectivity index (χ4v) is 7.53. The molecule has 0 saturated carbocycles. The van der Waals surface area contributed by atoms with Gasteiger partial charge in [0.25, 0.3) is 0 Å². The van der Waals surface area contributed by atoms with Crippen LogP contribution in [0.5, 0.6) is 5.75 Å². The van der Waals surface area contributed by atoms with Crippen molar-refractivity contribution in [2.24, 2.45) is 0 Å². The molecule has 3 fully saturated rings. The van der Waals surface area contributed by atoms with Gasteiger partial charge < -0.3 is 40.7 Å². The van der Waals surface area contributed by atoms with Crippen LogP contribution in [0, 0.1) is 0 Å². The number of anilines is 1. The van der Waals surface area contributed by atoms with Crippen LogP contribution in [0.2, 0.25) is 0 Å². The first-order chi connectivity index (χ1) is 24.9. The largest absolute Gasteiger partial charge is 0.508 e. The Bertz CT molecular complexity index is 1620. The molecular weight excluding hydrogens is 644 g/mol. The Hall–Kier alpha value is -4.94. The maximum atomic E-state index is 14.5. The normalized spacial score (nSPS) is 20.0. The zero-order chi connectivity index (χ0) is 35.6. The molecule has 0 radical (unpaired) electrons. The number of pyridine rings is 1. The van der Waals surface area contributed by atoms with E-state index in [1.165, 1.54) is 30.8 Å². The minimum Gasteiger partial charge on any atom is -0.508 e. The number of carbonyl (C=O) groups is 3. The number of benzene rings is 2. The van der Waals surface area contributed by atoms with E-state index < -0.39 is 18.2 Å². The van der Waals surface area contributed by atoms with Gasteiger partial charge in [0, 0.05) is 56.9 Å². The highest BCUT2D eigenvalue weighted by molar-refractivity contribution is 5.91. The van der Waals surface area contributed by atoms with Crippen LogP contribution in [0.4, 0.5) is 10.6 Å². The van der Waals surface area contributed by atoms with E-state index >= 15 is 0 Å². The van der Waals surface area contributed by atoms with Gasteiger partial charge in [-0.15, -0.1) is 6.58 Å². The average molecular weight is 695 g/mol. The fraction of sp³-hybridized carbons (Fsp3) is 0.436. The number of aromatic hydroxyl groups is 1. The minimum atomic E-state index is -0.905. The first-order valence-corrected chi connectivity index (χ1v) is 18.1. The van der Waals surface area contributed by atoms with Crippen LogP contribution in [0.3, 0.4) is 0 Å². The number of phenols is 1. The Morgan fingerprint density at radius 3 is 2.41 bits per heavy atom. The average Bonchev–Trinajstić information content (AvgIpc) is 3.70. The van der Waals surface area contributed by atoms with Gasteiger partial charge in [-0.25, -0.2) is 9.78 Å². The van der Waals surface area contributed by atoms with Crippen molar-refractivity contribution in [1.82, 2.24) is 35.6 Å². The fourth-order valence-electron chi connectivity index (χ4n) is 7.53. The predicted octanol–water partition coefficient (Wildman–Crippen LogP) is 3.24. The van der Waals surface area contributed by atoms with E-state index in [1.807, 2.05) is 42.5 Å². The van der Waals surface area contributed by atoms with Gasteiger partial charge in [-0.3, -0.25) is 9.59 Å². The molecule has 0 unspecified atom stereocenters. The zero-order valence-corrected chi connectivity index (χ0v) is 29.3. The maximum Gasteiger partial charge on any atom is 0.316 e. The number of nitrogens with one attached hydrogen (secondary N) is 3. The second-order valence-corrected chi connectivity index (χ2v) is 13.6. The van der Waals surface area contributed by atoms with Gasteiger partial charge in [0.15, 0.2) is 0 Å². The number of amides is 4. The second-order valence-electron chi connectivity index (χ2n) is 13.6. The minimum absolute atomic E-state index is 0.0324. The first kappa shape index (κ1) is 35.9. The van der Waals surface area contributed by atoms with Gasteiger partial charge in [-0.05, 0) is 68.1 Å². The van der Waals surface area contributed by atoms with E-state index in [0.29, 0.717) is 19.1 Å². The molecule has 0 aliphatic carbocycles. The van der Waals surface area contributed by atoms with Crippen molar-refractivity contribution < 1.29 is 19.5 Å². The Morgan fingerprint density at radius 2 is 1.69 bits per heavy atom. The molecule has 3 aromatic rings. The van der Waals surface area contributed by atoms with E-state index in [-0.39, 0.29) is 43.6 Å². The summed E-state index contributed by atoms with van der Waals surface area (Å²) in [4.78, 5) is 54.9. The van der Waals surface area contributed by atoms with Gasteiger partial charge in [0.1, 0.15) is 23.8 Å². The highest BCUT2D eigenvalue weighted by atomic mass is 16.3. The number of phenolic OH excluding ortho intramolecular Hbond substituents is 1. The van der Waals surface area contributed by atoms with Crippen molar-refractivity contribution in [1.29, 1.82) is 0 Å². The molecule has 2 atom stereocenters. The predicted molar refractivity (Wildman–Crippen MR) is 197 cm³/mol. The molecule has 3 aliphatic rings. The summed E-state index contributed by atoms with van der Waals surface area (Å²) in [6.45, 7) is 8.96. The number of aromatic nitrogens is 1. The van der Waals surface area contributed by atoms with Crippen LogP contribution in [0.25, 0.3) is 0 Å². The molecule has 4 heterocycles. The Balaban J connectivity index is 1.25. The Morgan fingerprint density at radius 1 is 0.941 bits per heavy atom. The summed E-state index contributed by atoms with van der Waals surface area (Å²) in [6, 6.07) is 19.4. The molecule has 270 valence electrons. The molecule has 12 nitrogen and oxygen atoms in total.